The van der Waals surface area contributed by atoms with Gasteiger partial charge in [-0.15, -0.1) is 0 Å². The maximum absolute atomic E-state index is 13.0. The third-order valence-corrected chi connectivity index (χ3v) is 3.41. The van der Waals surface area contributed by atoms with Gasteiger partial charge in [0.05, 0.1) is 11.6 Å². The Morgan fingerprint density at radius 1 is 1.19 bits per heavy atom. The van der Waals surface area contributed by atoms with Crippen molar-refractivity contribution in [3.63, 3.8) is 0 Å². The minimum Gasteiger partial charge on any atom is -0.376 e. The molecule has 0 heterocycles. The number of anilines is 2. The molecule has 0 saturated heterocycles. The van der Waals surface area contributed by atoms with Crippen molar-refractivity contribution in [2.75, 3.05) is 17.2 Å². The number of amides is 1. The molecular weight excluding hydrogens is 291 g/mol. The van der Waals surface area contributed by atoms with Gasteiger partial charge in [0.2, 0.25) is 5.91 Å². The summed E-state index contributed by atoms with van der Waals surface area (Å²) < 4.78 is 13.0. The van der Waals surface area contributed by atoms with E-state index in [1.165, 1.54) is 18.2 Å². The Hall–Kier alpha value is -2.07. The Labute approximate surface area is 128 Å². The van der Waals surface area contributed by atoms with E-state index in [0.717, 1.165) is 16.8 Å². The van der Waals surface area contributed by atoms with Gasteiger partial charge >= 0.3 is 0 Å². The van der Waals surface area contributed by atoms with Crippen molar-refractivity contribution >= 4 is 28.9 Å². The van der Waals surface area contributed by atoms with Crippen molar-refractivity contribution in [3.8, 4) is 0 Å². The topological polar surface area (TPSA) is 41.1 Å². The molecule has 0 unspecified atom stereocenters. The van der Waals surface area contributed by atoms with Gasteiger partial charge in [-0.3, -0.25) is 4.79 Å². The Balaban J connectivity index is 1.97. The molecule has 0 atom stereocenters. The van der Waals surface area contributed by atoms with Crippen LogP contribution in [0.5, 0.6) is 0 Å². The van der Waals surface area contributed by atoms with E-state index in [2.05, 4.69) is 10.6 Å². The number of rotatable bonds is 4. The average Bonchev–Trinajstić information content (AvgIpc) is 2.44. The monoisotopic (exact) mass is 306 g/mol. The first-order chi connectivity index (χ1) is 9.97. The van der Waals surface area contributed by atoms with E-state index in [4.69, 9.17) is 11.6 Å². The van der Waals surface area contributed by atoms with Crippen molar-refractivity contribution in [2.45, 2.75) is 13.8 Å². The van der Waals surface area contributed by atoms with Crippen LogP contribution in [-0.2, 0) is 4.79 Å². The number of halogens is 2. The molecule has 0 spiro atoms. The standard InChI is InChI=1S/C16H16ClFN2O/c1-10-4-3-5-11(2)16(10)20-15(21)9-19-12-6-7-14(18)13(17)8-12/h3-8,19H,9H2,1-2H3,(H,20,21). The first-order valence-electron chi connectivity index (χ1n) is 6.52. The number of hydrogen-bond donors (Lipinski definition) is 2. The lowest BCUT2D eigenvalue weighted by atomic mass is 10.1. The van der Waals surface area contributed by atoms with Gasteiger partial charge in [0.25, 0.3) is 0 Å². The van der Waals surface area contributed by atoms with E-state index in [1.54, 1.807) is 0 Å². The van der Waals surface area contributed by atoms with E-state index >= 15 is 0 Å². The summed E-state index contributed by atoms with van der Waals surface area (Å²) in [5.74, 6) is -0.657. The van der Waals surface area contributed by atoms with Crippen LogP contribution >= 0.6 is 11.6 Å². The number of para-hydroxylation sites is 1. The number of nitrogens with one attached hydrogen (secondary N) is 2. The van der Waals surface area contributed by atoms with Gasteiger partial charge in [-0.25, -0.2) is 4.39 Å². The first kappa shape index (κ1) is 15.3. The third-order valence-electron chi connectivity index (χ3n) is 3.12. The minimum atomic E-state index is -0.484. The van der Waals surface area contributed by atoms with Gasteiger partial charge in [0, 0.05) is 11.4 Å². The highest BCUT2D eigenvalue weighted by atomic mass is 35.5. The van der Waals surface area contributed by atoms with Gasteiger partial charge in [-0.2, -0.15) is 0 Å². The smallest absolute Gasteiger partial charge is 0.243 e. The molecule has 0 aliphatic carbocycles. The third kappa shape index (κ3) is 3.95. The highest BCUT2D eigenvalue weighted by Gasteiger charge is 2.07. The molecule has 0 saturated carbocycles. The summed E-state index contributed by atoms with van der Waals surface area (Å²) >= 11 is 5.68. The number of carbonyl (C=O) groups excluding carboxylic acids is 1. The van der Waals surface area contributed by atoms with Crippen LogP contribution in [0.4, 0.5) is 15.8 Å². The summed E-state index contributed by atoms with van der Waals surface area (Å²) in [4.78, 5) is 12.0. The molecule has 2 rings (SSSR count). The lowest BCUT2D eigenvalue weighted by molar-refractivity contribution is -0.114. The zero-order chi connectivity index (χ0) is 15.4. The van der Waals surface area contributed by atoms with Gasteiger partial charge < -0.3 is 10.6 Å². The Bertz CT molecular complexity index is 653. The van der Waals surface area contributed by atoms with Crippen LogP contribution in [0, 0.1) is 19.7 Å². The number of carbonyl (C=O) groups is 1. The molecule has 3 nitrogen and oxygen atoms in total. The van der Waals surface area contributed by atoms with Crippen LogP contribution in [0.2, 0.25) is 5.02 Å². The Morgan fingerprint density at radius 2 is 1.86 bits per heavy atom. The van der Waals surface area contributed by atoms with E-state index in [1.807, 2.05) is 32.0 Å². The maximum atomic E-state index is 13.0. The number of benzene rings is 2. The molecule has 0 aliphatic rings. The highest BCUT2D eigenvalue weighted by molar-refractivity contribution is 6.31. The second kappa shape index (κ2) is 6.59. The average molecular weight is 307 g/mol. The van der Waals surface area contributed by atoms with E-state index < -0.39 is 5.82 Å². The van der Waals surface area contributed by atoms with Crippen molar-refractivity contribution in [1.82, 2.24) is 0 Å². The molecule has 0 aromatic heterocycles. The predicted octanol–water partition coefficient (Wildman–Crippen LogP) is 4.15. The Morgan fingerprint density at radius 3 is 2.48 bits per heavy atom. The highest BCUT2D eigenvalue weighted by Crippen LogP contribution is 2.20. The molecule has 1 amide bonds. The fraction of sp³-hybridized carbons (Fsp3) is 0.188. The second-order valence-corrected chi connectivity index (χ2v) is 5.20. The van der Waals surface area contributed by atoms with E-state index in [-0.39, 0.29) is 17.5 Å². The maximum Gasteiger partial charge on any atom is 0.243 e. The van der Waals surface area contributed by atoms with Crippen LogP contribution in [0.25, 0.3) is 0 Å². The zero-order valence-electron chi connectivity index (χ0n) is 11.8. The van der Waals surface area contributed by atoms with Crippen molar-refractivity contribution in [1.29, 1.82) is 0 Å². The summed E-state index contributed by atoms with van der Waals surface area (Å²) in [5, 5.41) is 5.80. The van der Waals surface area contributed by atoms with Crippen LogP contribution in [0.15, 0.2) is 36.4 Å². The van der Waals surface area contributed by atoms with E-state index in [0.29, 0.717) is 5.69 Å². The molecule has 2 N–H and O–H groups in total. The molecule has 110 valence electrons. The van der Waals surface area contributed by atoms with Crippen molar-refractivity contribution in [2.24, 2.45) is 0 Å². The molecule has 5 heteroatoms. The second-order valence-electron chi connectivity index (χ2n) is 4.80. The van der Waals surface area contributed by atoms with Gasteiger partial charge in [0.15, 0.2) is 0 Å². The quantitative estimate of drug-likeness (QED) is 0.891. The first-order valence-corrected chi connectivity index (χ1v) is 6.90. The molecule has 2 aromatic rings. The van der Waals surface area contributed by atoms with Gasteiger partial charge in [-0.1, -0.05) is 29.8 Å². The molecule has 0 bridgehead atoms. The number of hydrogen-bond acceptors (Lipinski definition) is 2. The molecule has 0 fully saturated rings. The fourth-order valence-electron chi connectivity index (χ4n) is 1.98. The lowest BCUT2D eigenvalue weighted by Gasteiger charge is -2.12. The summed E-state index contributed by atoms with van der Waals surface area (Å²) in [6.07, 6.45) is 0. The molecule has 0 radical (unpaired) electrons. The van der Waals surface area contributed by atoms with Gasteiger partial charge in [0.1, 0.15) is 5.82 Å². The minimum absolute atomic E-state index is 0.0233. The molecule has 2 aromatic carbocycles. The molecular formula is C16H16ClFN2O. The van der Waals surface area contributed by atoms with Gasteiger partial charge in [-0.05, 0) is 43.2 Å². The SMILES string of the molecule is Cc1cccc(C)c1NC(=O)CNc1ccc(F)c(Cl)c1. The lowest BCUT2D eigenvalue weighted by Crippen LogP contribution is -2.22. The van der Waals surface area contributed by atoms with Crippen LogP contribution in [0.3, 0.4) is 0 Å². The summed E-state index contributed by atoms with van der Waals surface area (Å²) in [5.41, 5.74) is 3.43. The van der Waals surface area contributed by atoms with E-state index in [9.17, 15) is 9.18 Å². The summed E-state index contributed by atoms with van der Waals surface area (Å²) in [7, 11) is 0. The van der Waals surface area contributed by atoms with Crippen LogP contribution < -0.4 is 10.6 Å². The van der Waals surface area contributed by atoms with Crippen molar-refractivity contribution < 1.29 is 9.18 Å². The largest absolute Gasteiger partial charge is 0.376 e. The Kier molecular flexibility index (Phi) is 4.81. The molecule has 21 heavy (non-hydrogen) atoms. The van der Waals surface area contributed by atoms with Crippen LogP contribution in [-0.4, -0.2) is 12.5 Å². The normalized spacial score (nSPS) is 10.3. The fourth-order valence-corrected chi connectivity index (χ4v) is 2.16. The van der Waals surface area contributed by atoms with Crippen LogP contribution in [0.1, 0.15) is 11.1 Å². The summed E-state index contributed by atoms with van der Waals surface area (Å²) in [6, 6.07) is 10.1. The molecule has 0 aliphatic heterocycles. The number of aryl methyl sites for hydroxylation is 2. The summed E-state index contributed by atoms with van der Waals surface area (Å²) in [6.45, 7) is 3.96. The van der Waals surface area contributed by atoms with Crippen molar-refractivity contribution in [3.05, 3.63) is 58.4 Å². The predicted molar refractivity (Wildman–Crippen MR) is 84.4 cm³/mol. The zero-order valence-corrected chi connectivity index (χ0v) is 12.6.